The lowest BCUT2D eigenvalue weighted by atomic mass is 9.95. The van der Waals surface area contributed by atoms with E-state index in [1.807, 2.05) is 42.5 Å². The van der Waals surface area contributed by atoms with Gasteiger partial charge in [-0.2, -0.15) is 0 Å². The maximum atomic E-state index is 12.4. The maximum Gasteiger partial charge on any atom is 0.267 e. The van der Waals surface area contributed by atoms with Crippen LogP contribution in [0.1, 0.15) is 24.5 Å². The predicted molar refractivity (Wildman–Crippen MR) is 83.2 cm³/mol. The molecule has 2 heterocycles. The Balaban J connectivity index is 1.62. The molecule has 1 aromatic carbocycles. The number of amides is 1. The Morgan fingerprint density at radius 2 is 2.09 bits per heavy atom. The van der Waals surface area contributed by atoms with Gasteiger partial charge in [0.2, 0.25) is 5.60 Å². The minimum absolute atomic E-state index is 0.175. The van der Waals surface area contributed by atoms with Crippen molar-refractivity contribution in [1.29, 1.82) is 0 Å². The van der Waals surface area contributed by atoms with Gasteiger partial charge in [0.1, 0.15) is 0 Å². The van der Waals surface area contributed by atoms with E-state index in [1.165, 1.54) is 0 Å². The quantitative estimate of drug-likeness (QED) is 0.941. The summed E-state index contributed by atoms with van der Waals surface area (Å²) in [5.74, 6) is -0.175. The summed E-state index contributed by atoms with van der Waals surface area (Å²) in [7, 11) is 0. The third-order valence-corrected chi connectivity index (χ3v) is 3.63. The van der Waals surface area contributed by atoms with Gasteiger partial charge in [-0.25, -0.2) is 0 Å². The van der Waals surface area contributed by atoms with Crippen molar-refractivity contribution >= 4 is 11.6 Å². The number of carbonyl (C=O) groups is 1. The second-order valence-electron chi connectivity index (χ2n) is 5.45. The first kappa shape index (κ1) is 14.3. The molecule has 0 aliphatic carbocycles. The van der Waals surface area contributed by atoms with Crippen molar-refractivity contribution in [2.24, 2.45) is 5.16 Å². The van der Waals surface area contributed by atoms with Crippen LogP contribution >= 0.6 is 0 Å². The molecule has 5 nitrogen and oxygen atoms in total. The number of pyridine rings is 1. The van der Waals surface area contributed by atoms with Gasteiger partial charge in [0.25, 0.3) is 5.91 Å². The van der Waals surface area contributed by atoms with Crippen LogP contribution in [0.4, 0.5) is 0 Å². The number of hydrogen-bond acceptors (Lipinski definition) is 4. The number of nitrogens with zero attached hydrogens (tertiary/aromatic N) is 2. The van der Waals surface area contributed by atoms with E-state index >= 15 is 0 Å². The van der Waals surface area contributed by atoms with Crippen molar-refractivity contribution in [3.8, 4) is 0 Å². The number of oxime groups is 1. The molecule has 0 bridgehead atoms. The maximum absolute atomic E-state index is 12.4. The summed E-state index contributed by atoms with van der Waals surface area (Å²) in [6.45, 7) is 2.18. The zero-order valence-electron chi connectivity index (χ0n) is 12.3. The summed E-state index contributed by atoms with van der Waals surface area (Å²) in [5, 5.41) is 6.95. The lowest BCUT2D eigenvalue weighted by molar-refractivity contribution is -0.141. The molecule has 1 aromatic heterocycles. The second kappa shape index (κ2) is 5.97. The van der Waals surface area contributed by atoms with E-state index in [1.54, 1.807) is 19.3 Å². The van der Waals surface area contributed by atoms with Crippen LogP contribution in [0.2, 0.25) is 0 Å². The average Bonchev–Trinajstić information content (AvgIpc) is 2.98. The Bertz CT molecular complexity index is 686. The Morgan fingerprint density at radius 1 is 1.27 bits per heavy atom. The van der Waals surface area contributed by atoms with Gasteiger partial charge in [-0.3, -0.25) is 9.78 Å². The first-order valence-corrected chi connectivity index (χ1v) is 7.15. The van der Waals surface area contributed by atoms with Gasteiger partial charge in [-0.1, -0.05) is 41.6 Å². The lowest BCUT2D eigenvalue weighted by Gasteiger charge is -2.20. The Labute approximate surface area is 129 Å². The van der Waals surface area contributed by atoms with Crippen molar-refractivity contribution in [2.75, 3.05) is 0 Å². The van der Waals surface area contributed by atoms with Gasteiger partial charge in [-0.05, 0) is 24.1 Å². The standard InChI is InChI=1S/C17H17N3O2/c1-17(16(21)19-12-13-6-5-9-18-11-13)10-15(20-22-17)14-7-3-2-4-8-14/h2-9,11H,10,12H2,1H3,(H,19,21)/t17-/m1/s1. The first-order valence-electron chi connectivity index (χ1n) is 7.15. The van der Waals surface area contributed by atoms with E-state index in [9.17, 15) is 4.79 Å². The third kappa shape index (κ3) is 2.98. The van der Waals surface area contributed by atoms with Gasteiger partial charge >= 0.3 is 0 Å². The molecular formula is C17H17N3O2. The summed E-state index contributed by atoms with van der Waals surface area (Å²) >= 11 is 0. The Morgan fingerprint density at radius 3 is 2.82 bits per heavy atom. The molecule has 5 heteroatoms. The number of nitrogens with one attached hydrogen (secondary N) is 1. The van der Waals surface area contributed by atoms with Gasteiger partial charge in [0, 0.05) is 25.4 Å². The zero-order chi connectivity index (χ0) is 15.4. The van der Waals surface area contributed by atoms with Crippen LogP contribution in [-0.2, 0) is 16.2 Å². The van der Waals surface area contributed by atoms with Gasteiger partial charge in [0.15, 0.2) is 0 Å². The van der Waals surface area contributed by atoms with E-state index < -0.39 is 5.60 Å². The summed E-state index contributed by atoms with van der Waals surface area (Å²) in [5.41, 5.74) is 1.75. The molecule has 1 amide bonds. The normalized spacial score (nSPS) is 20.1. The molecule has 112 valence electrons. The molecule has 0 fully saturated rings. The molecular weight excluding hydrogens is 278 g/mol. The topological polar surface area (TPSA) is 63.6 Å². The predicted octanol–water partition coefficient (Wildman–Crippen LogP) is 2.28. The highest BCUT2D eigenvalue weighted by atomic mass is 16.7. The monoisotopic (exact) mass is 295 g/mol. The zero-order valence-corrected chi connectivity index (χ0v) is 12.3. The average molecular weight is 295 g/mol. The third-order valence-electron chi connectivity index (χ3n) is 3.63. The van der Waals surface area contributed by atoms with Crippen molar-refractivity contribution in [1.82, 2.24) is 10.3 Å². The van der Waals surface area contributed by atoms with Crippen molar-refractivity contribution in [3.05, 3.63) is 66.0 Å². The highest BCUT2D eigenvalue weighted by Gasteiger charge is 2.41. The van der Waals surface area contributed by atoms with Crippen LogP contribution in [0.15, 0.2) is 60.0 Å². The van der Waals surface area contributed by atoms with Crippen LogP contribution in [0.3, 0.4) is 0 Å². The second-order valence-corrected chi connectivity index (χ2v) is 5.45. The van der Waals surface area contributed by atoms with Crippen LogP contribution in [0.5, 0.6) is 0 Å². The van der Waals surface area contributed by atoms with E-state index in [2.05, 4.69) is 15.5 Å². The minimum Gasteiger partial charge on any atom is -0.379 e. The highest BCUT2D eigenvalue weighted by Crippen LogP contribution is 2.26. The Hall–Kier alpha value is -2.69. The molecule has 0 radical (unpaired) electrons. The minimum atomic E-state index is -0.965. The molecule has 1 aliphatic heterocycles. The molecule has 3 rings (SSSR count). The SMILES string of the molecule is C[C@]1(C(=O)NCc2cccnc2)CC(c2ccccc2)=NO1. The van der Waals surface area contributed by atoms with E-state index in [0.717, 1.165) is 16.8 Å². The van der Waals surface area contributed by atoms with Crippen LogP contribution in [0.25, 0.3) is 0 Å². The molecule has 0 saturated heterocycles. The summed E-state index contributed by atoms with van der Waals surface area (Å²) in [6.07, 6.45) is 3.88. The smallest absolute Gasteiger partial charge is 0.267 e. The van der Waals surface area contributed by atoms with Gasteiger partial charge < -0.3 is 10.2 Å². The van der Waals surface area contributed by atoms with Crippen molar-refractivity contribution in [3.63, 3.8) is 0 Å². The van der Waals surface area contributed by atoms with Crippen molar-refractivity contribution < 1.29 is 9.63 Å². The number of aromatic nitrogens is 1. The van der Waals surface area contributed by atoms with E-state index in [-0.39, 0.29) is 5.91 Å². The number of rotatable bonds is 4. The molecule has 0 saturated carbocycles. The molecule has 0 unspecified atom stereocenters. The van der Waals surface area contributed by atoms with Crippen molar-refractivity contribution in [2.45, 2.75) is 25.5 Å². The fraction of sp³-hybridized carbons (Fsp3) is 0.235. The summed E-state index contributed by atoms with van der Waals surface area (Å²) in [6, 6.07) is 13.5. The van der Waals surface area contributed by atoms with Crippen LogP contribution in [0, 0.1) is 0 Å². The summed E-state index contributed by atoms with van der Waals surface area (Å²) in [4.78, 5) is 21.8. The van der Waals surface area contributed by atoms with E-state index in [0.29, 0.717) is 13.0 Å². The van der Waals surface area contributed by atoms with Gasteiger partial charge in [-0.15, -0.1) is 0 Å². The highest BCUT2D eigenvalue weighted by molar-refractivity contribution is 6.05. The van der Waals surface area contributed by atoms with Crippen LogP contribution < -0.4 is 5.32 Å². The fourth-order valence-corrected chi connectivity index (χ4v) is 2.32. The van der Waals surface area contributed by atoms with Crippen LogP contribution in [-0.4, -0.2) is 22.2 Å². The molecule has 1 aliphatic rings. The Kier molecular flexibility index (Phi) is 3.87. The van der Waals surface area contributed by atoms with E-state index in [4.69, 9.17) is 4.84 Å². The first-order chi connectivity index (χ1) is 10.7. The lowest BCUT2D eigenvalue weighted by Crippen LogP contribution is -2.44. The van der Waals surface area contributed by atoms with Gasteiger partial charge in [0.05, 0.1) is 5.71 Å². The number of hydrogen-bond donors (Lipinski definition) is 1. The molecule has 0 spiro atoms. The molecule has 1 N–H and O–H groups in total. The number of benzene rings is 1. The molecule has 22 heavy (non-hydrogen) atoms. The molecule has 1 atom stereocenters. The fourth-order valence-electron chi connectivity index (χ4n) is 2.32. The molecule has 2 aromatic rings. The summed E-state index contributed by atoms with van der Waals surface area (Å²) < 4.78 is 0. The number of carbonyl (C=O) groups excluding carboxylic acids is 1. The largest absolute Gasteiger partial charge is 0.379 e.